The summed E-state index contributed by atoms with van der Waals surface area (Å²) in [4.78, 5) is 28.0. The number of carbonyl (C=O) groups excluding carboxylic acids is 1. The van der Waals surface area contributed by atoms with Crippen LogP contribution in [0.15, 0.2) is 16.6 Å². The van der Waals surface area contributed by atoms with Gasteiger partial charge in [0.2, 0.25) is 0 Å². The predicted molar refractivity (Wildman–Crippen MR) is 119 cm³/mol. The van der Waals surface area contributed by atoms with Crippen LogP contribution in [0.5, 0.6) is 0 Å². The molecule has 1 amide bonds. The Kier molecular flexibility index (Phi) is 7.60. The van der Waals surface area contributed by atoms with Crippen LogP contribution in [0, 0.1) is 6.92 Å². The van der Waals surface area contributed by atoms with E-state index in [1.165, 1.54) is 0 Å². The summed E-state index contributed by atoms with van der Waals surface area (Å²) in [5.74, 6) is -0.913. The number of halogens is 1. The number of carbonyl (C=O) groups is 2. The van der Waals surface area contributed by atoms with E-state index in [4.69, 9.17) is 4.74 Å². The van der Waals surface area contributed by atoms with Gasteiger partial charge in [0.25, 0.3) is 0 Å². The first-order chi connectivity index (χ1) is 13.4. The molecule has 0 bridgehead atoms. The first kappa shape index (κ1) is 23.5. The molecule has 2 rings (SSSR count). The number of hydrogen-bond donors (Lipinski definition) is 1. The maximum absolute atomic E-state index is 12.4. The highest BCUT2D eigenvalue weighted by Crippen LogP contribution is 2.34. The second-order valence-corrected chi connectivity index (χ2v) is 9.66. The largest absolute Gasteiger partial charge is 0.478 e. The molecule has 29 heavy (non-hydrogen) atoms. The lowest BCUT2D eigenvalue weighted by Crippen LogP contribution is -2.46. The van der Waals surface area contributed by atoms with Crippen molar-refractivity contribution in [1.29, 1.82) is 0 Å². The number of anilines is 1. The number of rotatable bonds is 5. The molecule has 0 atom stereocenters. The maximum Gasteiger partial charge on any atom is 0.410 e. The van der Waals surface area contributed by atoms with Crippen LogP contribution in [-0.2, 0) is 4.74 Å². The van der Waals surface area contributed by atoms with Crippen LogP contribution in [0.3, 0.4) is 0 Å². The molecule has 162 valence electrons. The quantitative estimate of drug-likeness (QED) is 0.620. The Morgan fingerprint density at radius 2 is 1.72 bits per heavy atom. The van der Waals surface area contributed by atoms with Crippen molar-refractivity contribution < 1.29 is 19.4 Å². The number of aromatic carboxylic acids is 1. The van der Waals surface area contributed by atoms with E-state index in [2.05, 4.69) is 27.8 Å². The Hall–Kier alpha value is -1.76. The van der Waals surface area contributed by atoms with Crippen molar-refractivity contribution in [3.63, 3.8) is 0 Å². The topological polar surface area (TPSA) is 70.1 Å². The molecule has 1 fully saturated rings. The van der Waals surface area contributed by atoms with Crippen molar-refractivity contribution in [1.82, 2.24) is 4.90 Å². The van der Waals surface area contributed by atoms with Crippen LogP contribution in [0.1, 0.15) is 69.3 Å². The second-order valence-electron chi connectivity index (χ2n) is 8.74. The number of ether oxygens (including phenoxy) is 1. The molecule has 0 unspecified atom stereocenters. The van der Waals surface area contributed by atoms with Gasteiger partial charge >= 0.3 is 12.1 Å². The number of carboxylic acid groups (broad SMARTS) is 1. The van der Waals surface area contributed by atoms with Crippen LogP contribution in [0.25, 0.3) is 0 Å². The molecule has 0 aromatic heterocycles. The van der Waals surface area contributed by atoms with Crippen LogP contribution in [-0.4, -0.2) is 53.3 Å². The SMILES string of the molecule is CCN(c1cc(Br)cc(C(=O)O)c1C)C1CCC(N(C)C(=O)OC(C)(C)C)CC1. The average molecular weight is 469 g/mol. The fraction of sp³-hybridized carbons (Fsp3) is 0.636. The second kappa shape index (κ2) is 9.37. The van der Waals surface area contributed by atoms with E-state index in [9.17, 15) is 14.7 Å². The lowest BCUT2D eigenvalue weighted by Gasteiger charge is -2.41. The summed E-state index contributed by atoms with van der Waals surface area (Å²) in [6.45, 7) is 10.4. The van der Waals surface area contributed by atoms with Gasteiger partial charge in [0.15, 0.2) is 0 Å². The summed E-state index contributed by atoms with van der Waals surface area (Å²) < 4.78 is 6.27. The molecule has 6 nitrogen and oxygen atoms in total. The number of carboxylic acids is 1. The molecule has 1 aromatic carbocycles. The normalized spacial score (nSPS) is 19.6. The van der Waals surface area contributed by atoms with Gasteiger partial charge in [-0.15, -0.1) is 0 Å². The summed E-state index contributed by atoms with van der Waals surface area (Å²) in [5.41, 5.74) is 1.58. The van der Waals surface area contributed by atoms with Crippen molar-refractivity contribution in [3.8, 4) is 0 Å². The molecule has 0 aliphatic heterocycles. The summed E-state index contributed by atoms with van der Waals surface area (Å²) >= 11 is 3.46. The Labute approximate surface area is 182 Å². The minimum Gasteiger partial charge on any atom is -0.478 e. The van der Waals surface area contributed by atoms with Crippen molar-refractivity contribution in [2.24, 2.45) is 0 Å². The van der Waals surface area contributed by atoms with Crippen molar-refractivity contribution in [3.05, 3.63) is 27.7 Å². The van der Waals surface area contributed by atoms with Gasteiger partial charge in [-0.2, -0.15) is 0 Å². The van der Waals surface area contributed by atoms with Gasteiger partial charge in [0, 0.05) is 35.8 Å². The fourth-order valence-corrected chi connectivity index (χ4v) is 4.50. The van der Waals surface area contributed by atoms with Gasteiger partial charge < -0.3 is 19.6 Å². The Bertz CT molecular complexity index is 752. The smallest absolute Gasteiger partial charge is 0.410 e. The zero-order valence-corrected chi connectivity index (χ0v) is 19.9. The number of hydrogen-bond acceptors (Lipinski definition) is 4. The third-order valence-corrected chi connectivity index (χ3v) is 6.02. The Morgan fingerprint density at radius 1 is 1.17 bits per heavy atom. The zero-order chi connectivity index (χ0) is 21.9. The number of amides is 1. The van der Waals surface area contributed by atoms with Crippen LogP contribution >= 0.6 is 15.9 Å². The van der Waals surface area contributed by atoms with Gasteiger partial charge in [0.05, 0.1) is 5.56 Å². The summed E-state index contributed by atoms with van der Waals surface area (Å²) in [6, 6.07) is 4.14. The van der Waals surface area contributed by atoms with E-state index >= 15 is 0 Å². The molecule has 1 saturated carbocycles. The van der Waals surface area contributed by atoms with E-state index < -0.39 is 11.6 Å². The molecule has 1 aliphatic rings. The molecular formula is C22H33BrN2O4. The van der Waals surface area contributed by atoms with E-state index in [0.717, 1.165) is 48.0 Å². The molecule has 0 heterocycles. The molecule has 7 heteroatoms. The van der Waals surface area contributed by atoms with Gasteiger partial charge in [0.1, 0.15) is 5.60 Å². The number of benzene rings is 1. The highest BCUT2D eigenvalue weighted by Gasteiger charge is 2.32. The van der Waals surface area contributed by atoms with Crippen LogP contribution in [0.2, 0.25) is 0 Å². The number of nitrogens with zero attached hydrogens (tertiary/aromatic N) is 2. The highest BCUT2D eigenvalue weighted by molar-refractivity contribution is 9.10. The standard InChI is InChI=1S/C22H33BrN2O4/c1-7-25(19-13-15(23)12-18(14(19)2)20(26)27)17-10-8-16(9-11-17)24(6)21(28)29-22(3,4)5/h12-13,16-17H,7-11H2,1-6H3,(H,26,27). The first-order valence-electron chi connectivity index (χ1n) is 10.2. The first-order valence-corrected chi connectivity index (χ1v) is 11.0. The van der Waals surface area contributed by atoms with Crippen molar-refractivity contribution in [2.75, 3.05) is 18.5 Å². The fourth-order valence-electron chi connectivity index (χ4n) is 4.05. The summed E-state index contributed by atoms with van der Waals surface area (Å²) in [5, 5.41) is 9.52. The maximum atomic E-state index is 12.4. The van der Waals surface area contributed by atoms with Crippen molar-refractivity contribution in [2.45, 2.75) is 78.0 Å². The molecule has 0 spiro atoms. The van der Waals surface area contributed by atoms with Gasteiger partial charge in [-0.3, -0.25) is 0 Å². The predicted octanol–water partition coefficient (Wildman–Crippen LogP) is 5.46. The third kappa shape index (κ3) is 5.87. The molecule has 1 aromatic rings. The molecule has 0 saturated heterocycles. The zero-order valence-electron chi connectivity index (χ0n) is 18.3. The average Bonchev–Trinajstić information content (AvgIpc) is 2.63. The van der Waals surface area contributed by atoms with E-state index in [-0.39, 0.29) is 12.1 Å². The van der Waals surface area contributed by atoms with Gasteiger partial charge in [-0.25, -0.2) is 9.59 Å². The van der Waals surface area contributed by atoms with Gasteiger partial charge in [-0.05, 0) is 78.0 Å². The summed E-state index contributed by atoms with van der Waals surface area (Å²) in [7, 11) is 1.81. The third-order valence-electron chi connectivity index (χ3n) is 5.56. The molecule has 1 N–H and O–H groups in total. The summed E-state index contributed by atoms with van der Waals surface area (Å²) in [6.07, 6.45) is 3.41. The van der Waals surface area contributed by atoms with Gasteiger partial charge in [-0.1, -0.05) is 15.9 Å². The minimum atomic E-state index is -0.913. The lowest BCUT2D eigenvalue weighted by molar-refractivity contribution is 0.0183. The molecule has 0 radical (unpaired) electrons. The van der Waals surface area contributed by atoms with Crippen molar-refractivity contribution >= 4 is 33.7 Å². The minimum absolute atomic E-state index is 0.165. The van der Waals surface area contributed by atoms with Crippen LogP contribution in [0.4, 0.5) is 10.5 Å². The Balaban J connectivity index is 2.12. The van der Waals surface area contributed by atoms with Crippen LogP contribution < -0.4 is 4.90 Å². The molecule has 1 aliphatic carbocycles. The monoisotopic (exact) mass is 468 g/mol. The highest BCUT2D eigenvalue weighted by atomic mass is 79.9. The molecular weight excluding hydrogens is 436 g/mol. The Morgan fingerprint density at radius 3 is 2.21 bits per heavy atom. The van der Waals surface area contributed by atoms with E-state index in [1.54, 1.807) is 11.0 Å². The van der Waals surface area contributed by atoms with E-state index in [1.807, 2.05) is 40.8 Å². The lowest BCUT2D eigenvalue weighted by atomic mass is 9.88. The van der Waals surface area contributed by atoms with E-state index in [0.29, 0.717) is 11.6 Å².